The van der Waals surface area contributed by atoms with E-state index in [1.165, 1.54) is 10.5 Å². The zero-order valence-corrected chi connectivity index (χ0v) is 13.9. The van der Waals surface area contributed by atoms with Crippen LogP contribution in [0.4, 0.5) is 0 Å². The van der Waals surface area contributed by atoms with E-state index in [2.05, 4.69) is 29.6 Å². The van der Waals surface area contributed by atoms with Crippen LogP contribution in [0.1, 0.15) is 18.5 Å². The SMILES string of the molecule is CCOc1ccc(C(CSc2ccc(Cl)cc2)NC)cc1. The van der Waals surface area contributed by atoms with Crippen LogP contribution in [-0.2, 0) is 0 Å². The molecule has 1 atom stereocenters. The molecular weight excluding hydrogens is 302 g/mol. The molecule has 2 aromatic carbocycles. The summed E-state index contributed by atoms with van der Waals surface area (Å²) in [5.74, 6) is 1.88. The molecule has 1 unspecified atom stereocenters. The molecule has 1 N–H and O–H groups in total. The first kappa shape index (κ1) is 16.2. The highest BCUT2D eigenvalue weighted by Crippen LogP contribution is 2.26. The van der Waals surface area contributed by atoms with E-state index >= 15 is 0 Å². The Kier molecular flexibility index (Phi) is 6.43. The maximum absolute atomic E-state index is 5.90. The van der Waals surface area contributed by atoms with E-state index in [0.717, 1.165) is 16.5 Å². The van der Waals surface area contributed by atoms with Gasteiger partial charge < -0.3 is 10.1 Å². The number of benzene rings is 2. The molecule has 0 fully saturated rings. The van der Waals surface area contributed by atoms with Crippen molar-refractivity contribution in [2.45, 2.75) is 17.9 Å². The first-order valence-corrected chi connectivity index (χ1v) is 8.37. The number of nitrogens with one attached hydrogen (secondary N) is 1. The van der Waals surface area contributed by atoms with Crippen LogP contribution in [0.15, 0.2) is 53.4 Å². The van der Waals surface area contributed by atoms with Crippen molar-refractivity contribution in [2.75, 3.05) is 19.4 Å². The van der Waals surface area contributed by atoms with Crippen LogP contribution in [0.2, 0.25) is 5.02 Å². The molecule has 0 amide bonds. The van der Waals surface area contributed by atoms with Crippen LogP contribution in [-0.4, -0.2) is 19.4 Å². The Hall–Kier alpha value is -1.16. The Bertz CT molecular complexity index is 542. The third kappa shape index (κ3) is 4.95. The van der Waals surface area contributed by atoms with E-state index in [1.807, 2.05) is 50.0 Å². The fraction of sp³-hybridized carbons (Fsp3) is 0.294. The number of hydrogen-bond acceptors (Lipinski definition) is 3. The van der Waals surface area contributed by atoms with Gasteiger partial charge in [0.25, 0.3) is 0 Å². The molecule has 0 aliphatic heterocycles. The minimum Gasteiger partial charge on any atom is -0.494 e. The molecule has 0 aliphatic rings. The molecule has 0 saturated heterocycles. The van der Waals surface area contributed by atoms with Crippen LogP contribution < -0.4 is 10.1 Å². The summed E-state index contributed by atoms with van der Waals surface area (Å²) in [6.07, 6.45) is 0. The zero-order valence-electron chi connectivity index (χ0n) is 12.3. The summed E-state index contributed by atoms with van der Waals surface area (Å²) in [6.45, 7) is 2.69. The third-order valence-electron chi connectivity index (χ3n) is 3.17. The van der Waals surface area contributed by atoms with Crippen molar-refractivity contribution in [3.8, 4) is 5.75 Å². The van der Waals surface area contributed by atoms with Crippen molar-refractivity contribution in [3.63, 3.8) is 0 Å². The predicted molar refractivity (Wildman–Crippen MR) is 91.6 cm³/mol. The molecule has 4 heteroatoms. The molecular formula is C17H20ClNOS. The van der Waals surface area contributed by atoms with Gasteiger partial charge in [0.1, 0.15) is 5.75 Å². The zero-order chi connectivity index (χ0) is 15.1. The van der Waals surface area contributed by atoms with Crippen molar-refractivity contribution >= 4 is 23.4 Å². The number of ether oxygens (including phenoxy) is 1. The van der Waals surface area contributed by atoms with Gasteiger partial charge in [0.05, 0.1) is 6.61 Å². The quantitative estimate of drug-likeness (QED) is 0.741. The van der Waals surface area contributed by atoms with E-state index < -0.39 is 0 Å². The van der Waals surface area contributed by atoms with Gasteiger partial charge in [-0.3, -0.25) is 0 Å². The first-order chi connectivity index (χ1) is 10.2. The van der Waals surface area contributed by atoms with Crippen LogP contribution in [0.3, 0.4) is 0 Å². The van der Waals surface area contributed by atoms with Gasteiger partial charge in [-0.1, -0.05) is 23.7 Å². The highest BCUT2D eigenvalue weighted by molar-refractivity contribution is 7.99. The largest absolute Gasteiger partial charge is 0.494 e. The molecule has 21 heavy (non-hydrogen) atoms. The number of thioether (sulfide) groups is 1. The minimum absolute atomic E-state index is 0.307. The lowest BCUT2D eigenvalue weighted by molar-refractivity contribution is 0.340. The van der Waals surface area contributed by atoms with Crippen LogP contribution >= 0.6 is 23.4 Å². The summed E-state index contributed by atoms with van der Waals surface area (Å²) in [6, 6.07) is 16.6. The van der Waals surface area contributed by atoms with Crippen LogP contribution in [0, 0.1) is 0 Å². The number of rotatable bonds is 7. The second-order valence-electron chi connectivity index (χ2n) is 4.61. The van der Waals surface area contributed by atoms with Gasteiger partial charge in [-0.15, -0.1) is 11.8 Å². The molecule has 2 nitrogen and oxygen atoms in total. The normalized spacial score (nSPS) is 12.1. The molecule has 0 radical (unpaired) electrons. The maximum atomic E-state index is 5.90. The summed E-state index contributed by atoms with van der Waals surface area (Å²) < 4.78 is 5.48. The predicted octanol–water partition coefficient (Wildman–Crippen LogP) is 4.79. The lowest BCUT2D eigenvalue weighted by atomic mass is 10.1. The number of hydrogen-bond donors (Lipinski definition) is 1. The van der Waals surface area contributed by atoms with E-state index in [9.17, 15) is 0 Å². The van der Waals surface area contributed by atoms with Gasteiger partial charge in [-0.25, -0.2) is 0 Å². The van der Waals surface area contributed by atoms with Crippen molar-refractivity contribution in [1.29, 1.82) is 0 Å². The van der Waals surface area contributed by atoms with Crippen molar-refractivity contribution < 1.29 is 4.74 Å². The van der Waals surface area contributed by atoms with Gasteiger partial charge in [0.15, 0.2) is 0 Å². The minimum atomic E-state index is 0.307. The standard InChI is InChI=1S/C17H20ClNOS/c1-3-20-15-8-4-13(5-9-15)17(19-2)12-21-16-10-6-14(18)7-11-16/h4-11,17,19H,3,12H2,1-2H3. The monoisotopic (exact) mass is 321 g/mol. The molecule has 0 bridgehead atoms. The van der Waals surface area contributed by atoms with Gasteiger partial charge in [0, 0.05) is 21.7 Å². The van der Waals surface area contributed by atoms with E-state index in [4.69, 9.17) is 16.3 Å². The second kappa shape index (κ2) is 8.32. The number of halogens is 1. The van der Waals surface area contributed by atoms with Crippen LogP contribution in [0.25, 0.3) is 0 Å². The average molecular weight is 322 g/mol. The molecule has 0 aromatic heterocycles. The summed E-state index contributed by atoms with van der Waals surface area (Å²) in [5.41, 5.74) is 1.27. The van der Waals surface area contributed by atoms with E-state index in [1.54, 1.807) is 0 Å². The molecule has 0 heterocycles. The Morgan fingerprint density at radius 1 is 1.10 bits per heavy atom. The Labute approximate surface area is 135 Å². The van der Waals surface area contributed by atoms with E-state index in [0.29, 0.717) is 12.6 Å². The maximum Gasteiger partial charge on any atom is 0.119 e. The molecule has 2 rings (SSSR count). The van der Waals surface area contributed by atoms with Gasteiger partial charge >= 0.3 is 0 Å². The van der Waals surface area contributed by atoms with Gasteiger partial charge in [-0.05, 0) is 55.9 Å². The lowest BCUT2D eigenvalue weighted by Gasteiger charge is -2.17. The topological polar surface area (TPSA) is 21.3 Å². The Morgan fingerprint density at radius 2 is 1.76 bits per heavy atom. The Morgan fingerprint density at radius 3 is 2.33 bits per heavy atom. The Balaban J connectivity index is 1.97. The summed E-state index contributed by atoms with van der Waals surface area (Å²) in [7, 11) is 1.99. The molecule has 112 valence electrons. The second-order valence-corrected chi connectivity index (χ2v) is 6.14. The fourth-order valence-corrected chi connectivity index (χ4v) is 3.19. The summed E-state index contributed by atoms with van der Waals surface area (Å²) in [4.78, 5) is 1.23. The molecule has 0 aliphatic carbocycles. The summed E-state index contributed by atoms with van der Waals surface area (Å²) in [5, 5.41) is 4.14. The average Bonchev–Trinajstić information content (AvgIpc) is 2.51. The summed E-state index contributed by atoms with van der Waals surface area (Å²) >= 11 is 7.72. The fourth-order valence-electron chi connectivity index (χ4n) is 2.02. The molecule has 0 saturated carbocycles. The van der Waals surface area contributed by atoms with Gasteiger partial charge in [-0.2, -0.15) is 0 Å². The first-order valence-electron chi connectivity index (χ1n) is 7.01. The lowest BCUT2D eigenvalue weighted by Crippen LogP contribution is -2.18. The van der Waals surface area contributed by atoms with Gasteiger partial charge in [0.2, 0.25) is 0 Å². The van der Waals surface area contributed by atoms with Crippen molar-refractivity contribution in [3.05, 3.63) is 59.1 Å². The van der Waals surface area contributed by atoms with Crippen molar-refractivity contribution in [1.82, 2.24) is 5.32 Å². The molecule has 2 aromatic rings. The highest BCUT2D eigenvalue weighted by Gasteiger charge is 2.10. The third-order valence-corrected chi connectivity index (χ3v) is 4.53. The van der Waals surface area contributed by atoms with Crippen LogP contribution in [0.5, 0.6) is 5.75 Å². The highest BCUT2D eigenvalue weighted by atomic mass is 35.5. The van der Waals surface area contributed by atoms with Crippen molar-refractivity contribution in [2.24, 2.45) is 0 Å². The molecule has 0 spiro atoms. The smallest absolute Gasteiger partial charge is 0.119 e. The van der Waals surface area contributed by atoms with E-state index in [-0.39, 0.29) is 0 Å².